The van der Waals surface area contributed by atoms with Gasteiger partial charge in [0.25, 0.3) is 11.6 Å². The molecule has 1 aliphatic rings. The Hall–Kier alpha value is -1.95. The van der Waals surface area contributed by atoms with Crippen LogP contribution in [0, 0.1) is 12.8 Å². The highest BCUT2D eigenvalue weighted by atomic mass is 16.5. The van der Waals surface area contributed by atoms with Crippen molar-refractivity contribution < 1.29 is 9.32 Å². The van der Waals surface area contributed by atoms with Gasteiger partial charge in [0.15, 0.2) is 0 Å². The number of carbonyl (C=O) groups excluding carboxylic acids is 1. The molecule has 0 aliphatic carbocycles. The smallest absolute Gasteiger partial charge is 0.259 e. The van der Waals surface area contributed by atoms with Gasteiger partial charge in [-0.05, 0) is 63.7 Å². The maximum Gasteiger partial charge on any atom is 0.259 e. The van der Waals surface area contributed by atoms with E-state index in [1.54, 1.807) is 0 Å². The number of aromatic nitrogens is 2. The molecule has 6 nitrogen and oxygen atoms in total. The number of carbonyl (C=O) groups is 1. The van der Waals surface area contributed by atoms with Crippen molar-refractivity contribution in [2.24, 2.45) is 5.92 Å². The van der Waals surface area contributed by atoms with Gasteiger partial charge >= 0.3 is 0 Å². The maximum atomic E-state index is 12.8. The van der Waals surface area contributed by atoms with Crippen molar-refractivity contribution in [1.29, 1.82) is 0 Å². The fourth-order valence-electron chi connectivity index (χ4n) is 3.47. The Kier molecular flexibility index (Phi) is 5.91. The summed E-state index contributed by atoms with van der Waals surface area (Å²) in [4.78, 5) is 19.7. The highest BCUT2D eigenvalue weighted by Gasteiger charge is 2.20. The van der Waals surface area contributed by atoms with E-state index in [9.17, 15) is 4.79 Å². The third kappa shape index (κ3) is 4.23. The number of nitrogens with one attached hydrogen (secondary N) is 1. The standard InChI is InChI=1S/C20H30N4O2/c1-13(2)17-12-16(18-15(4)23-26-20(18)22-17)19(25)21-8-5-9-24-10-6-14(3)7-11-24/h12-14H,5-11H2,1-4H3,(H,21,25). The molecule has 3 rings (SSSR count). The Bertz CT molecular complexity index is 761. The number of piperidine rings is 1. The SMILES string of the molecule is Cc1noc2nc(C(C)C)cc(C(=O)NCCCN3CCC(C)CC3)c12. The number of likely N-dealkylation sites (tertiary alicyclic amines) is 1. The van der Waals surface area contributed by atoms with Gasteiger partial charge in [0.2, 0.25) is 0 Å². The highest BCUT2D eigenvalue weighted by Crippen LogP contribution is 2.25. The van der Waals surface area contributed by atoms with E-state index in [4.69, 9.17) is 4.52 Å². The number of pyridine rings is 1. The molecule has 1 aliphatic heterocycles. The molecule has 26 heavy (non-hydrogen) atoms. The Morgan fingerprint density at radius 1 is 1.38 bits per heavy atom. The number of rotatable bonds is 6. The van der Waals surface area contributed by atoms with Gasteiger partial charge in [0, 0.05) is 12.2 Å². The maximum absolute atomic E-state index is 12.8. The minimum absolute atomic E-state index is 0.0714. The van der Waals surface area contributed by atoms with Crippen molar-refractivity contribution in [2.75, 3.05) is 26.2 Å². The lowest BCUT2D eigenvalue weighted by Crippen LogP contribution is -2.35. The molecule has 1 amide bonds. The fourth-order valence-corrected chi connectivity index (χ4v) is 3.47. The molecule has 1 saturated heterocycles. The Morgan fingerprint density at radius 2 is 2.12 bits per heavy atom. The number of fused-ring (bicyclic) bond motifs is 1. The highest BCUT2D eigenvalue weighted by molar-refractivity contribution is 6.06. The van der Waals surface area contributed by atoms with Crippen LogP contribution in [0.3, 0.4) is 0 Å². The quantitative estimate of drug-likeness (QED) is 0.800. The van der Waals surface area contributed by atoms with Crippen molar-refractivity contribution in [3.8, 4) is 0 Å². The molecule has 0 spiro atoms. The van der Waals surface area contributed by atoms with E-state index in [2.05, 4.69) is 41.1 Å². The van der Waals surface area contributed by atoms with Crippen LogP contribution >= 0.6 is 0 Å². The van der Waals surface area contributed by atoms with Crippen molar-refractivity contribution in [3.63, 3.8) is 0 Å². The van der Waals surface area contributed by atoms with Gasteiger partial charge < -0.3 is 14.7 Å². The average Bonchev–Trinajstić information content (AvgIpc) is 3.00. The summed E-state index contributed by atoms with van der Waals surface area (Å²) >= 11 is 0. The number of aryl methyl sites for hydroxylation is 1. The van der Waals surface area contributed by atoms with Crippen LogP contribution < -0.4 is 5.32 Å². The van der Waals surface area contributed by atoms with E-state index in [0.29, 0.717) is 23.5 Å². The summed E-state index contributed by atoms with van der Waals surface area (Å²) in [6.45, 7) is 12.4. The molecule has 0 atom stereocenters. The molecule has 0 aromatic carbocycles. The molecule has 6 heteroatoms. The van der Waals surface area contributed by atoms with Gasteiger partial charge in [0.05, 0.1) is 16.6 Å². The lowest BCUT2D eigenvalue weighted by molar-refractivity contribution is 0.0952. The Balaban J connectivity index is 1.61. The molecule has 142 valence electrons. The Morgan fingerprint density at radius 3 is 2.81 bits per heavy atom. The van der Waals surface area contributed by atoms with Crippen molar-refractivity contribution in [3.05, 3.63) is 23.0 Å². The van der Waals surface area contributed by atoms with E-state index >= 15 is 0 Å². The molecule has 0 unspecified atom stereocenters. The third-order valence-electron chi connectivity index (χ3n) is 5.29. The monoisotopic (exact) mass is 358 g/mol. The molecule has 0 radical (unpaired) electrons. The van der Waals surface area contributed by atoms with Crippen LogP contribution in [0.2, 0.25) is 0 Å². The first-order valence-electron chi connectivity index (χ1n) is 9.73. The lowest BCUT2D eigenvalue weighted by atomic mass is 9.99. The summed E-state index contributed by atoms with van der Waals surface area (Å²) in [7, 11) is 0. The van der Waals surface area contributed by atoms with E-state index in [-0.39, 0.29) is 11.8 Å². The molecule has 2 aromatic rings. The van der Waals surface area contributed by atoms with E-state index in [1.165, 1.54) is 25.9 Å². The zero-order valence-electron chi connectivity index (χ0n) is 16.3. The summed E-state index contributed by atoms with van der Waals surface area (Å²) in [5, 5.41) is 7.76. The minimum atomic E-state index is -0.0714. The van der Waals surface area contributed by atoms with Crippen LogP contribution in [0.15, 0.2) is 10.6 Å². The van der Waals surface area contributed by atoms with Gasteiger partial charge in [-0.1, -0.05) is 25.9 Å². The second-order valence-electron chi connectivity index (χ2n) is 7.83. The largest absolute Gasteiger partial charge is 0.352 e. The molecular formula is C20H30N4O2. The lowest BCUT2D eigenvalue weighted by Gasteiger charge is -2.30. The molecule has 0 saturated carbocycles. The van der Waals surface area contributed by atoms with E-state index in [0.717, 1.165) is 30.0 Å². The number of hydrogen-bond donors (Lipinski definition) is 1. The number of amides is 1. The van der Waals surface area contributed by atoms with Gasteiger partial charge in [-0.2, -0.15) is 0 Å². The zero-order chi connectivity index (χ0) is 18.7. The van der Waals surface area contributed by atoms with Crippen molar-refractivity contribution in [1.82, 2.24) is 20.4 Å². The van der Waals surface area contributed by atoms with Crippen LogP contribution in [0.5, 0.6) is 0 Å². The van der Waals surface area contributed by atoms with Crippen LogP contribution in [0.25, 0.3) is 11.1 Å². The van der Waals surface area contributed by atoms with Gasteiger partial charge in [-0.3, -0.25) is 4.79 Å². The second kappa shape index (κ2) is 8.16. The third-order valence-corrected chi connectivity index (χ3v) is 5.29. The van der Waals surface area contributed by atoms with Crippen molar-refractivity contribution in [2.45, 2.75) is 52.9 Å². The normalized spacial score (nSPS) is 16.5. The summed E-state index contributed by atoms with van der Waals surface area (Å²) in [5.41, 5.74) is 2.61. The van der Waals surface area contributed by atoms with Gasteiger partial charge in [0.1, 0.15) is 0 Å². The minimum Gasteiger partial charge on any atom is -0.352 e. The summed E-state index contributed by atoms with van der Waals surface area (Å²) in [6.07, 6.45) is 3.53. The van der Waals surface area contributed by atoms with E-state index in [1.807, 2.05) is 13.0 Å². The van der Waals surface area contributed by atoms with Gasteiger partial charge in [-0.25, -0.2) is 4.98 Å². The number of nitrogens with zero attached hydrogens (tertiary/aromatic N) is 3. The second-order valence-corrected chi connectivity index (χ2v) is 7.83. The first kappa shape index (κ1) is 18.8. The van der Waals surface area contributed by atoms with Crippen LogP contribution in [-0.2, 0) is 0 Å². The molecule has 1 N–H and O–H groups in total. The number of hydrogen-bond acceptors (Lipinski definition) is 5. The summed E-state index contributed by atoms with van der Waals surface area (Å²) < 4.78 is 5.30. The fraction of sp³-hybridized carbons (Fsp3) is 0.650. The predicted octanol–water partition coefficient (Wildman–Crippen LogP) is 3.51. The summed E-state index contributed by atoms with van der Waals surface area (Å²) in [5.74, 6) is 0.998. The predicted molar refractivity (Wildman–Crippen MR) is 102 cm³/mol. The van der Waals surface area contributed by atoms with E-state index < -0.39 is 0 Å². The van der Waals surface area contributed by atoms with Crippen LogP contribution in [0.1, 0.15) is 67.7 Å². The molecule has 2 aromatic heterocycles. The first-order chi connectivity index (χ1) is 12.5. The molecule has 0 bridgehead atoms. The van der Waals surface area contributed by atoms with Crippen molar-refractivity contribution >= 4 is 17.0 Å². The molecule has 3 heterocycles. The summed E-state index contributed by atoms with van der Waals surface area (Å²) in [6, 6.07) is 1.87. The molecule has 1 fully saturated rings. The van der Waals surface area contributed by atoms with Gasteiger partial charge in [-0.15, -0.1) is 0 Å². The van der Waals surface area contributed by atoms with Crippen LogP contribution in [-0.4, -0.2) is 47.1 Å². The van der Waals surface area contributed by atoms with Crippen LogP contribution in [0.4, 0.5) is 0 Å². The Labute approximate surface area is 155 Å². The topological polar surface area (TPSA) is 71.3 Å². The molecular weight excluding hydrogens is 328 g/mol. The average molecular weight is 358 g/mol. The first-order valence-corrected chi connectivity index (χ1v) is 9.73. The zero-order valence-corrected chi connectivity index (χ0v) is 16.3.